The quantitative estimate of drug-likeness (QED) is 0.796. The highest BCUT2D eigenvalue weighted by Gasteiger charge is 2.39. The summed E-state index contributed by atoms with van der Waals surface area (Å²) < 4.78 is 33.3. The van der Waals surface area contributed by atoms with Crippen molar-refractivity contribution < 1.29 is 18.3 Å². The summed E-state index contributed by atoms with van der Waals surface area (Å²) in [5.74, 6) is -3.39. The van der Waals surface area contributed by atoms with Crippen LogP contribution >= 0.6 is 0 Å². The third-order valence-corrected chi connectivity index (χ3v) is 3.68. The molecule has 0 amide bonds. The zero-order valence-electron chi connectivity index (χ0n) is 11.5. The van der Waals surface area contributed by atoms with Crippen LogP contribution in [-0.4, -0.2) is 37.1 Å². The Morgan fingerprint density at radius 3 is 2.70 bits per heavy atom. The van der Waals surface area contributed by atoms with Crippen molar-refractivity contribution in [2.45, 2.75) is 31.2 Å². The van der Waals surface area contributed by atoms with Gasteiger partial charge in [-0.05, 0) is 19.4 Å². The van der Waals surface area contributed by atoms with Crippen LogP contribution in [-0.2, 0) is 15.5 Å². The van der Waals surface area contributed by atoms with Crippen LogP contribution in [0.1, 0.15) is 24.8 Å². The van der Waals surface area contributed by atoms with Crippen molar-refractivity contribution in [1.29, 1.82) is 0 Å². The van der Waals surface area contributed by atoms with Crippen LogP contribution in [0, 0.1) is 0 Å². The first-order valence-corrected chi connectivity index (χ1v) is 6.80. The number of likely N-dealkylation sites (tertiary alicyclic amines) is 1. The smallest absolute Gasteiger partial charge is 0.323 e. The van der Waals surface area contributed by atoms with Crippen molar-refractivity contribution in [3.05, 3.63) is 35.9 Å². The maximum atomic E-state index is 14.3. The molecule has 1 atom stereocenters. The Bertz CT molecular complexity index is 450. The first-order valence-electron chi connectivity index (χ1n) is 6.80. The third kappa shape index (κ3) is 3.33. The van der Waals surface area contributed by atoms with Gasteiger partial charge < -0.3 is 4.74 Å². The van der Waals surface area contributed by atoms with Gasteiger partial charge in [0.15, 0.2) is 0 Å². The molecule has 1 saturated heterocycles. The molecular formula is C15H19F2NO2. The van der Waals surface area contributed by atoms with Crippen LogP contribution in [0.4, 0.5) is 8.78 Å². The molecule has 3 nitrogen and oxygen atoms in total. The number of hydrogen-bond acceptors (Lipinski definition) is 3. The van der Waals surface area contributed by atoms with Crippen LogP contribution in [0.25, 0.3) is 0 Å². The number of esters is 1. The lowest BCUT2D eigenvalue weighted by atomic mass is 10.00. The van der Waals surface area contributed by atoms with E-state index in [-0.39, 0.29) is 5.56 Å². The van der Waals surface area contributed by atoms with Crippen molar-refractivity contribution >= 4 is 5.97 Å². The molecule has 0 spiro atoms. The van der Waals surface area contributed by atoms with Gasteiger partial charge >= 0.3 is 5.97 Å². The molecule has 2 rings (SSSR count). The lowest BCUT2D eigenvalue weighted by Gasteiger charge is -2.35. The summed E-state index contributed by atoms with van der Waals surface area (Å²) in [7, 11) is 1.30. The molecule has 0 bridgehead atoms. The highest BCUT2D eigenvalue weighted by molar-refractivity contribution is 5.75. The molecule has 110 valence electrons. The highest BCUT2D eigenvalue weighted by atomic mass is 19.3. The molecule has 0 unspecified atom stereocenters. The summed E-state index contributed by atoms with van der Waals surface area (Å²) in [6.45, 7) is 0.0545. The molecule has 0 aromatic heterocycles. The maximum absolute atomic E-state index is 14.3. The molecule has 1 aromatic rings. The Hall–Kier alpha value is -1.49. The van der Waals surface area contributed by atoms with E-state index in [0.29, 0.717) is 13.0 Å². The van der Waals surface area contributed by atoms with Crippen LogP contribution in [0.15, 0.2) is 30.3 Å². The number of methoxy groups -OCH3 is 1. The van der Waals surface area contributed by atoms with Gasteiger partial charge in [-0.15, -0.1) is 0 Å². The van der Waals surface area contributed by atoms with E-state index in [1.807, 2.05) is 0 Å². The number of alkyl halides is 2. The largest absolute Gasteiger partial charge is 0.468 e. The summed E-state index contributed by atoms with van der Waals surface area (Å²) in [6.07, 6.45) is 2.28. The summed E-state index contributed by atoms with van der Waals surface area (Å²) in [4.78, 5) is 13.2. The van der Waals surface area contributed by atoms with Gasteiger partial charge in [0.05, 0.1) is 13.7 Å². The molecular weight excluding hydrogens is 264 g/mol. The second-order valence-electron chi connectivity index (χ2n) is 5.08. The second kappa shape index (κ2) is 6.31. The number of rotatable bonds is 4. The van der Waals surface area contributed by atoms with Crippen LogP contribution < -0.4 is 0 Å². The SMILES string of the molecule is COC(=O)[C@H]1CCCCN1CC(F)(F)c1ccccc1. The van der Waals surface area contributed by atoms with Crippen LogP contribution in [0.5, 0.6) is 0 Å². The minimum atomic E-state index is -2.97. The Kier molecular flexibility index (Phi) is 4.70. The lowest BCUT2D eigenvalue weighted by molar-refractivity contribution is -0.151. The van der Waals surface area contributed by atoms with Crippen molar-refractivity contribution in [3.8, 4) is 0 Å². The molecule has 0 saturated carbocycles. The van der Waals surface area contributed by atoms with E-state index in [0.717, 1.165) is 12.8 Å². The first kappa shape index (κ1) is 14.9. The third-order valence-electron chi connectivity index (χ3n) is 3.68. The topological polar surface area (TPSA) is 29.5 Å². The summed E-state index contributed by atoms with van der Waals surface area (Å²) in [5.41, 5.74) is -0.0193. The van der Waals surface area contributed by atoms with Gasteiger partial charge in [0, 0.05) is 5.56 Å². The molecule has 1 fully saturated rings. The van der Waals surface area contributed by atoms with Gasteiger partial charge in [0.2, 0.25) is 0 Å². The van der Waals surface area contributed by atoms with Crippen LogP contribution in [0.2, 0.25) is 0 Å². The monoisotopic (exact) mass is 283 g/mol. The molecule has 1 aliphatic rings. The number of nitrogens with zero attached hydrogens (tertiary/aromatic N) is 1. The minimum absolute atomic E-state index is 0.0193. The van der Waals surface area contributed by atoms with E-state index in [2.05, 4.69) is 0 Å². The fourth-order valence-electron chi connectivity index (χ4n) is 2.61. The van der Waals surface area contributed by atoms with Gasteiger partial charge in [-0.2, -0.15) is 8.78 Å². The number of carbonyl (C=O) groups excluding carboxylic acids is 1. The first-order chi connectivity index (χ1) is 9.54. The average molecular weight is 283 g/mol. The molecule has 0 aliphatic carbocycles. The standard InChI is InChI=1S/C15H19F2NO2/c1-20-14(19)13-9-5-6-10-18(13)11-15(16,17)12-7-3-2-4-8-12/h2-4,7-8,13H,5-6,9-11H2,1H3/t13-/m1/s1. The van der Waals surface area contributed by atoms with Gasteiger partial charge in [0.25, 0.3) is 5.92 Å². The summed E-state index contributed by atoms with van der Waals surface area (Å²) in [5, 5.41) is 0. The molecule has 5 heteroatoms. The number of carbonyl (C=O) groups is 1. The Labute approximate surface area is 117 Å². The Morgan fingerprint density at radius 1 is 1.35 bits per heavy atom. The van der Waals surface area contributed by atoms with E-state index < -0.39 is 24.5 Å². The van der Waals surface area contributed by atoms with Gasteiger partial charge in [0.1, 0.15) is 6.04 Å². The average Bonchev–Trinajstić information content (AvgIpc) is 2.47. The van der Waals surface area contributed by atoms with Crippen molar-refractivity contribution in [2.24, 2.45) is 0 Å². The maximum Gasteiger partial charge on any atom is 0.323 e. The number of piperidine rings is 1. The highest BCUT2D eigenvalue weighted by Crippen LogP contribution is 2.31. The van der Waals surface area contributed by atoms with E-state index in [1.165, 1.54) is 19.2 Å². The van der Waals surface area contributed by atoms with Crippen molar-refractivity contribution in [3.63, 3.8) is 0 Å². The normalized spacial score (nSPS) is 20.6. The Morgan fingerprint density at radius 2 is 2.05 bits per heavy atom. The lowest BCUT2D eigenvalue weighted by Crippen LogP contribution is -2.49. The van der Waals surface area contributed by atoms with Crippen molar-refractivity contribution in [2.75, 3.05) is 20.2 Å². The zero-order valence-corrected chi connectivity index (χ0v) is 11.5. The van der Waals surface area contributed by atoms with Gasteiger partial charge in [-0.3, -0.25) is 9.69 Å². The van der Waals surface area contributed by atoms with E-state index in [9.17, 15) is 13.6 Å². The molecule has 1 aromatic carbocycles. The van der Waals surface area contributed by atoms with E-state index in [1.54, 1.807) is 23.1 Å². The van der Waals surface area contributed by atoms with Crippen LogP contribution in [0.3, 0.4) is 0 Å². The summed E-state index contributed by atoms with van der Waals surface area (Å²) >= 11 is 0. The number of halogens is 2. The fourth-order valence-corrected chi connectivity index (χ4v) is 2.61. The molecule has 20 heavy (non-hydrogen) atoms. The number of hydrogen-bond donors (Lipinski definition) is 0. The molecule has 0 N–H and O–H groups in total. The predicted molar refractivity (Wildman–Crippen MR) is 71.6 cm³/mol. The summed E-state index contributed by atoms with van der Waals surface area (Å²) in [6, 6.07) is 7.17. The predicted octanol–water partition coefficient (Wildman–Crippen LogP) is 2.81. The molecule has 1 aliphatic heterocycles. The van der Waals surface area contributed by atoms with Crippen molar-refractivity contribution in [1.82, 2.24) is 4.90 Å². The van der Waals surface area contributed by atoms with Gasteiger partial charge in [-0.1, -0.05) is 36.8 Å². The Balaban J connectivity index is 2.12. The number of benzene rings is 1. The minimum Gasteiger partial charge on any atom is -0.468 e. The van der Waals surface area contributed by atoms with E-state index in [4.69, 9.17) is 4.74 Å². The second-order valence-corrected chi connectivity index (χ2v) is 5.08. The zero-order chi connectivity index (χ0) is 14.6. The molecule has 0 radical (unpaired) electrons. The van der Waals surface area contributed by atoms with E-state index >= 15 is 0 Å². The fraction of sp³-hybridized carbons (Fsp3) is 0.533. The number of ether oxygens (including phenoxy) is 1. The van der Waals surface area contributed by atoms with Gasteiger partial charge in [-0.25, -0.2) is 0 Å². The molecule has 1 heterocycles.